The lowest BCUT2D eigenvalue weighted by Crippen LogP contribution is -2.49. The van der Waals surface area contributed by atoms with Crippen molar-refractivity contribution >= 4 is 21.5 Å². The number of sulfonamides is 1. The van der Waals surface area contributed by atoms with E-state index in [4.69, 9.17) is 4.74 Å². The number of ether oxygens (including phenoxy) is 1. The zero-order valence-electron chi connectivity index (χ0n) is 18.9. The molecule has 1 saturated heterocycles. The van der Waals surface area contributed by atoms with E-state index in [-0.39, 0.29) is 23.7 Å². The van der Waals surface area contributed by atoms with Crippen LogP contribution in [0.15, 0.2) is 59.8 Å². The number of aromatic nitrogens is 2. The molecule has 0 bridgehead atoms. The summed E-state index contributed by atoms with van der Waals surface area (Å²) >= 11 is 0. The minimum Gasteiger partial charge on any atom is -0.494 e. The topological polar surface area (TPSA) is 119 Å². The first-order valence-corrected chi connectivity index (χ1v) is 12.3. The molecule has 11 heteroatoms. The lowest BCUT2D eigenvalue weighted by atomic mass is 10.1. The Kier molecular flexibility index (Phi) is 6.75. The molecule has 1 fully saturated rings. The molecular weight excluding hydrogens is 458 g/mol. The van der Waals surface area contributed by atoms with Crippen molar-refractivity contribution in [3.05, 3.63) is 70.5 Å². The number of nitrogens with zero attached hydrogens (tertiary/aromatic N) is 5. The fourth-order valence-corrected chi connectivity index (χ4v) is 5.51. The van der Waals surface area contributed by atoms with Crippen molar-refractivity contribution in [1.29, 1.82) is 0 Å². The third-order valence-corrected chi connectivity index (χ3v) is 7.72. The summed E-state index contributed by atoms with van der Waals surface area (Å²) in [5, 5.41) is 11.1. The molecule has 3 aromatic rings. The predicted octanol–water partition coefficient (Wildman–Crippen LogP) is 3.27. The number of nitro benzene ring substituents is 1. The maximum atomic E-state index is 13.2. The molecule has 0 amide bonds. The zero-order chi connectivity index (χ0) is 24.3. The number of hydrogen-bond acceptors (Lipinski definition) is 8. The summed E-state index contributed by atoms with van der Waals surface area (Å²) in [4.78, 5) is 21.2. The average molecular weight is 484 g/mol. The number of anilines is 1. The molecule has 10 nitrogen and oxygen atoms in total. The Hall–Kier alpha value is -3.57. The van der Waals surface area contributed by atoms with Crippen molar-refractivity contribution in [3.63, 3.8) is 0 Å². The molecule has 0 spiro atoms. The van der Waals surface area contributed by atoms with Crippen molar-refractivity contribution in [3.8, 4) is 17.0 Å². The Balaban J connectivity index is 1.48. The molecule has 0 aliphatic carbocycles. The molecule has 1 aromatic heterocycles. The van der Waals surface area contributed by atoms with Gasteiger partial charge in [-0.2, -0.15) is 4.31 Å². The lowest BCUT2D eigenvalue weighted by Gasteiger charge is -2.34. The van der Waals surface area contributed by atoms with E-state index in [1.165, 1.54) is 22.8 Å². The number of benzene rings is 2. The first kappa shape index (κ1) is 23.6. The summed E-state index contributed by atoms with van der Waals surface area (Å²) in [5.41, 5.74) is 1.92. The number of piperazine rings is 1. The summed E-state index contributed by atoms with van der Waals surface area (Å²) < 4.78 is 33.2. The maximum absolute atomic E-state index is 13.2. The summed E-state index contributed by atoms with van der Waals surface area (Å²) in [7, 11) is -3.86. The molecule has 0 saturated carbocycles. The largest absolute Gasteiger partial charge is 0.494 e. The summed E-state index contributed by atoms with van der Waals surface area (Å²) in [6.45, 7) is 5.52. The third-order valence-electron chi connectivity index (χ3n) is 5.68. The molecule has 1 aliphatic heterocycles. The van der Waals surface area contributed by atoms with Crippen LogP contribution in [-0.4, -0.2) is 60.4 Å². The number of non-ortho nitro benzene ring substituents is 1. The number of rotatable bonds is 7. The van der Waals surface area contributed by atoms with Gasteiger partial charge in [-0.25, -0.2) is 18.4 Å². The number of aryl methyl sites for hydroxylation is 1. The van der Waals surface area contributed by atoms with E-state index in [9.17, 15) is 18.5 Å². The van der Waals surface area contributed by atoms with Gasteiger partial charge in [-0.05, 0) is 43.7 Å². The Labute approximate surface area is 198 Å². The molecular formula is C23H25N5O5S. The second-order valence-corrected chi connectivity index (χ2v) is 9.72. The normalized spacial score (nSPS) is 14.7. The smallest absolute Gasteiger partial charge is 0.270 e. The molecule has 2 heterocycles. The fraction of sp³-hybridized carbons (Fsp3) is 0.304. The Bertz CT molecular complexity index is 1290. The van der Waals surface area contributed by atoms with Gasteiger partial charge in [0.05, 0.1) is 22.1 Å². The van der Waals surface area contributed by atoms with Gasteiger partial charge < -0.3 is 9.64 Å². The molecule has 1 aliphatic rings. The Morgan fingerprint density at radius 1 is 1.03 bits per heavy atom. The van der Waals surface area contributed by atoms with Crippen LogP contribution < -0.4 is 9.64 Å². The van der Waals surface area contributed by atoms with Crippen LogP contribution in [0, 0.1) is 17.0 Å². The average Bonchev–Trinajstić information content (AvgIpc) is 2.85. The van der Waals surface area contributed by atoms with Crippen LogP contribution in [0.1, 0.15) is 12.5 Å². The van der Waals surface area contributed by atoms with Gasteiger partial charge in [-0.3, -0.25) is 10.1 Å². The van der Waals surface area contributed by atoms with Gasteiger partial charge in [-0.15, -0.1) is 0 Å². The molecule has 0 unspecified atom stereocenters. The first-order chi connectivity index (χ1) is 16.3. The van der Waals surface area contributed by atoms with Gasteiger partial charge >= 0.3 is 0 Å². The molecule has 0 radical (unpaired) electrons. The van der Waals surface area contributed by atoms with Gasteiger partial charge in [0.15, 0.2) is 0 Å². The second-order valence-electron chi connectivity index (χ2n) is 7.82. The van der Waals surface area contributed by atoms with Gasteiger partial charge in [0.1, 0.15) is 17.9 Å². The molecule has 4 rings (SSSR count). The highest BCUT2D eigenvalue weighted by Crippen LogP contribution is 2.27. The van der Waals surface area contributed by atoms with E-state index in [0.717, 1.165) is 23.1 Å². The van der Waals surface area contributed by atoms with Crippen molar-refractivity contribution in [1.82, 2.24) is 14.3 Å². The van der Waals surface area contributed by atoms with Crippen LogP contribution in [0.2, 0.25) is 0 Å². The van der Waals surface area contributed by atoms with Gasteiger partial charge in [0, 0.05) is 49.9 Å². The highest BCUT2D eigenvalue weighted by Gasteiger charge is 2.31. The molecule has 34 heavy (non-hydrogen) atoms. The first-order valence-electron chi connectivity index (χ1n) is 10.8. The van der Waals surface area contributed by atoms with E-state index in [1.807, 2.05) is 42.2 Å². The predicted molar refractivity (Wildman–Crippen MR) is 127 cm³/mol. The number of nitro groups is 1. The highest BCUT2D eigenvalue weighted by molar-refractivity contribution is 7.89. The Morgan fingerprint density at radius 3 is 2.38 bits per heavy atom. The van der Waals surface area contributed by atoms with Gasteiger partial charge in [0.25, 0.3) is 5.69 Å². The van der Waals surface area contributed by atoms with Gasteiger partial charge in [0.2, 0.25) is 10.0 Å². The van der Waals surface area contributed by atoms with Crippen LogP contribution in [0.25, 0.3) is 11.3 Å². The quantitative estimate of drug-likeness (QED) is 0.371. The minimum atomic E-state index is -3.86. The van der Waals surface area contributed by atoms with Crippen molar-refractivity contribution in [2.45, 2.75) is 18.7 Å². The Morgan fingerprint density at radius 2 is 1.74 bits per heavy atom. The summed E-state index contributed by atoms with van der Waals surface area (Å²) in [6.07, 6.45) is 1.50. The summed E-state index contributed by atoms with van der Waals surface area (Å²) in [6, 6.07) is 13.4. The van der Waals surface area contributed by atoms with E-state index in [2.05, 4.69) is 9.97 Å². The molecule has 2 aromatic carbocycles. The molecule has 0 atom stereocenters. The van der Waals surface area contributed by atoms with Crippen LogP contribution in [-0.2, 0) is 10.0 Å². The van der Waals surface area contributed by atoms with Crippen LogP contribution >= 0.6 is 0 Å². The van der Waals surface area contributed by atoms with Crippen LogP contribution in [0.4, 0.5) is 11.5 Å². The summed E-state index contributed by atoms with van der Waals surface area (Å²) in [5.74, 6) is 1.50. The van der Waals surface area contributed by atoms with E-state index < -0.39 is 14.9 Å². The third kappa shape index (κ3) is 4.85. The SMILES string of the molecule is CCOc1ccc(-c2cc(N3CCN(S(=O)(=O)c4cc([N+](=O)[O-])ccc4C)CC3)ncn2)cc1. The fourth-order valence-electron chi connectivity index (χ4n) is 3.84. The zero-order valence-corrected chi connectivity index (χ0v) is 19.7. The minimum absolute atomic E-state index is 0.0324. The van der Waals surface area contributed by atoms with Crippen LogP contribution in [0.5, 0.6) is 5.75 Å². The second kappa shape index (κ2) is 9.74. The monoisotopic (exact) mass is 483 g/mol. The number of hydrogen-bond donors (Lipinski definition) is 0. The van der Waals surface area contributed by atoms with E-state index in [1.54, 1.807) is 6.92 Å². The maximum Gasteiger partial charge on any atom is 0.270 e. The lowest BCUT2D eigenvalue weighted by molar-refractivity contribution is -0.385. The van der Waals surface area contributed by atoms with Crippen molar-refractivity contribution in [2.75, 3.05) is 37.7 Å². The van der Waals surface area contributed by atoms with Crippen molar-refractivity contribution < 1.29 is 18.1 Å². The van der Waals surface area contributed by atoms with Crippen LogP contribution in [0.3, 0.4) is 0 Å². The molecule has 0 N–H and O–H groups in total. The van der Waals surface area contributed by atoms with E-state index in [0.29, 0.717) is 31.1 Å². The van der Waals surface area contributed by atoms with E-state index >= 15 is 0 Å². The molecule has 178 valence electrons. The highest BCUT2D eigenvalue weighted by atomic mass is 32.2. The van der Waals surface area contributed by atoms with Crippen molar-refractivity contribution in [2.24, 2.45) is 0 Å². The standard InChI is InChI=1S/C23H25N5O5S/c1-3-33-20-8-5-18(6-9-20)21-15-23(25-16-24-21)26-10-12-27(13-11-26)34(31,32)22-14-19(28(29)30)7-4-17(22)2/h4-9,14-16H,3,10-13H2,1-2H3. The van der Waals surface area contributed by atoms with Gasteiger partial charge in [-0.1, -0.05) is 6.07 Å².